The first-order valence-electron chi connectivity index (χ1n) is 7.39. The van der Waals surface area contributed by atoms with Gasteiger partial charge in [0.15, 0.2) is 0 Å². The maximum absolute atomic E-state index is 11.9. The van der Waals surface area contributed by atoms with Gasteiger partial charge in [-0.1, -0.05) is 41.9 Å². The minimum Gasteiger partial charge on any atom is -0.450 e. The Kier molecular flexibility index (Phi) is 4.26. The molecule has 0 fully saturated rings. The quantitative estimate of drug-likeness (QED) is 0.729. The van der Waals surface area contributed by atoms with E-state index >= 15 is 0 Å². The molecule has 0 saturated carbocycles. The van der Waals surface area contributed by atoms with Gasteiger partial charge in [0.1, 0.15) is 5.82 Å². The highest BCUT2D eigenvalue weighted by atomic mass is 35.5. The van der Waals surface area contributed by atoms with Gasteiger partial charge in [-0.3, -0.25) is 5.32 Å². The van der Waals surface area contributed by atoms with Crippen molar-refractivity contribution in [1.29, 1.82) is 0 Å². The summed E-state index contributed by atoms with van der Waals surface area (Å²) < 4.78 is 6.96. The van der Waals surface area contributed by atoms with Crippen LogP contribution in [0.5, 0.6) is 0 Å². The number of nitrogens with one attached hydrogen (secondary N) is 1. The predicted octanol–water partition coefficient (Wildman–Crippen LogP) is 5.07. The standard InChI is InChI=1S/C18H17ClN2O2/c1-3-23-18(22)20-17-16(12-7-5-4-6-8-12)14-11-13(19)9-10-15(14)21(17)2/h4-11H,3H2,1-2H3,(H,20,22). The number of rotatable bonds is 3. The second kappa shape index (κ2) is 6.34. The van der Waals surface area contributed by atoms with Gasteiger partial charge < -0.3 is 9.30 Å². The number of halogens is 1. The molecule has 5 heteroatoms. The molecule has 0 radical (unpaired) electrons. The third-order valence-corrected chi connectivity index (χ3v) is 3.95. The molecule has 0 spiro atoms. The van der Waals surface area contributed by atoms with Crippen molar-refractivity contribution in [2.24, 2.45) is 7.05 Å². The Bertz CT molecular complexity index is 856. The van der Waals surface area contributed by atoms with Crippen molar-refractivity contribution in [3.05, 3.63) is 53.6 Å². The number of hydrogen-bond acceptors (Lipinski definition) is 2. The molecule has 3 rings (SSSR count). The molecular weight excluding hydrogens is 312 g/mol. The van der Waals surface area contributed by atoms with Crippen LogP contribution in [-0.2, 0) is 11.8 Å². The van der Waals surface area contributed by atoms with E-state index < -0.39 is 6.09 Å². The molecule has 0 aliphatic rings. The van der Waals surface area contributed by atoms with Crippen molar-refractivity contribution in [2.75, 3.05) is 11.9 Å². The molecule has 1 heterocycles. The van der Waals surface area contributed by atoms with Crippen molar-refractivity contribution >= 4 is 34.4 Å². The maximum atomic E-state index is 11.9. The summed E-state index contributed by atoms with van der Waals surface area (Å²) in [4.78, 5) is 11.9. The summed E-state index contributed by atoms with van der Waals surface area (Å²) in [5.74, 6) is 0.687. The smallest absolute Gasteiger partial charge is 0.412 e. The van der Waals surface area contributed by atoms with E-state index in [1.165, 1.54) is 0 Å². The van der Waals surface area contributed by atoms with E-state index in [1.54, 1.807) is 6.92 Å². The van der Waals surface area contributed by atoms with Gasteiger partial charge in [-0.15, -0.1) is 0 Å². The highest BCUT2D eigenvalue weighted by Crippen LogP contribution is 2.39. The average molecular weight is 329 g/mol. The predicted molar refractivity (Wildman–Crippen MR) is 94.0 cm³/mol. The Morgan fingerprint density at radius 1 is 1.22 bits per heavy atom. The lowest BCUT2D eigenvalue weighted by Gasteiger charge is -2.10. The molecular formula is C18H17ClN2O2. The summed E-state index contributed by atoms with van der Waals surface area (Å²) in [6.45, 7) is 2.10. The fraction of sp³-hybridized carbons (Fsp3) is 0.167. The number of amides is 1. The lowest BCUT2D eigenvalue weighted by atomic mass is 10.0. The van der Waals surface area contributed by atoms with E-state index in [0.29, 0.717) is 17.4 Å². The molecule has 118 valence electrons. The Morgan fingerprint density at radius 2 is 1.96 bits per heavy atom. The Labute approximate surface area is 139 Å². The molecule has 0 aliphatic heterocycles. The van der Waals surface area contributed by atoms with E-state index in [-0.39, 0.29) is 0 Å². The van der Waals surface area contributed by atoms with Gasteiger partial charge >= 0.3 is 6.09 Å². The van der Waals surface area contributed by atoms with E-state index in [1.807, 2.05) is 60.1 Å². The average Bonchev–Trinajstić information content (AvgIpc) is 2.80. The minimum atomic E-state index is -0.471. The highest BCUT2D eigenvalue weighted by Gasteiger charge is 2.19. The first-order chi connectivity index (χ1) is 11.1. The zero-order valence-electron chi connectivity index (χ0n) is 13.0. The van der Waals surface area contributed by atoms with E-state index in [2.05, 4.69) is 5.32 Å². The van der Waals surface area contributed by atoms with Crippen molar-refractivity contribution < 1.29 is 9.53 Å². The Balaban J connectivity index is 2.24. The number of aryl methyl sites for hydroxylation is 1. The summed E-state index contributed by atoms with van der Waals surface area (Å²) in [7, 11) is 1.91. The molecule has 0 atom stereocenters. The van der Waals surface area contributed by atoms with Crippen molar-refractivity contribution in [3.8, 4) is 11.1 Å². The third kappa shape index (κ3) is 2.90. The summed E-state index contributed by atoms with van der Waals surface area (Å²) in [6.07, 6.45) is -0.471. The lowest BCUT2D eigenvalue weighted by molar-refractivity contribution is 0.167. The maximum Gasteiger partial charge on any atom is 0.412 e. The van der Waals surface area contributed by atoms with Crippen LogP contribution >= 0.6 is 11.6 Å². The molecule has 0 saturated heterocycles. The summed E-state index contributed by atoms with van der Waals surface area (Å²) in [5.41, 5.74) is 2.92. The lowest BCUT2D eigenvalue weighted by Crippen LogP contribution is -2.16. The number of ether oxygens (including phenoxy) is 1. The zero-order chi connectivity index (χ0) is 16.4. The molecule has 0 unspecified atom stereocenters. The second-order valence-corrected chi connectivity index (χ2v) is 5.59. The van der Waals surface area contributed by atoms with Crippen LogP contribution in [0, 0.1) is 0 Å². The molecule has 0 aliphatic carbocycles. The third-order valence-electron chi connectivity index (χ3n) is 3.72. The molecule has 1 aromatic heterocycles. The topological polar surface area (TPSA) is 43.3 Å². The first kappa shape index (κ1) is 15.4. The van der Waals surface area contributed by atoms with Gasteiger partial charge in [0.05, 0.1) is 12.1 Å². The Hall–Kier alpha value is -2.46. The number of benzene rings is 2. The summed E-state index contributed by atoms with van der Waals surface area (Å²) in [6, 6.07) is 15.6. The zero-order valence-corrected chi connectivity index (χ0v) is 13.7. The molecule has 2 aromatic carbocycles. The second-order valence-electron chi connectivity index (χ2n) is 5.16. The minimum absolute atomic E-state index is 0.322. The van der Waals surface area contributed by atoms with Crippen LogP contribution in [0.2, 0.25) is 5.02 Å². The Morgan fingerprint density at radius 3 is 2.65 bits per heavy atom. The summed E-state index contributed by atoms with van der Waals surface area (Å²) in [5, 5.41) is 4.49. The number of fused-ring (bicyclic) bond motifs is 1. The van der Waals surface area contributed by atoms with Crippen LogP contribution in [0.4, 0.5) is 10.6 Å². The molecule has 1 N–H and O–H groups in total. The van der Waals surface area contributed by atoms with Gasteiger partial charge in [-0.05, 0) is 30.7 Å². The molecule has 1 amide bonds. The van der Waals surface area contributed by atoms with Crippen LogP contribution in [0.3, 0.4) is 0 Å². The van der Waals surface area contributed by atoms with Crippen molar-refractivity contribution in [2.45, 2.75) is 6.92 Å². The number of aromatic nitrogens is 1. The van der Waals surface area contributed by atoms with Crippen LogP contribution in [0.1, 0.15) is 6.92 Å². The van der Waals surface area contributed by atoms with Crippen LogP contribution < -0.4 is 5.32 Å². The van der Waals surface area contributed by atoms with Crippen molar-refractivity contribution in [3.63, 3.8) is 0 Å². The van der Waals surface area contributed by atoms with E-state index in [4.69, 9.17) is 16.3 Å². The van der Waals surface area contributed by atoms with Gasteiger partial charge in [-0.25, -0.2) is 4.79 Å². The molecule has 3 aromatic rings. The largest absolute Gasteiger partial charge is 0.450 e. The number of carbonyl (C=O) groups excluding carboxylic acids is 1. The van der Waals surface area contributed by atoms with Crippen LogP contribution in [0.25, 0.3) is 22.0 Å². The normalized spacial score (nSPS) is 10.7. The van der Waals surface area contributed by atoms with Crippen molar-refractivity contribution in [1.82, 2.24) is 4.57 Å². The van der Waals surface area contributed by atoms with Gasteiger partial charge in [-0.2, -0.15) is 0 Å². The first-order valence-corrected chi connectivity index (χ1v) is 7.76. The van der Waals surface area contributed by atoms with Crippen LogP contribution in [-0.4, -0.2) is 17.3 Å². The fourth-order valence-electron chi connectivity index (χ4n) is 2.72. The fourth-order valence-corrected chi connectivity index (χ4v) is 2.90. The number of anilines is 1. The van der Waals surface area contributed by atoms with Gasteiger partial charge in [0.25, 0.3) is 0 Å². The van der Waals surface area contributed by atoms with Gasteiger partial charge in [0.2, 0.25) is 0 Å². The highest BCUT2D eigenvalue weighted by molar-refractivity contribution is 6.31. The summed E-state index contributed by atoms with van der Waals surface area (Å²) >= 11 is 6.17. The van der Waals surface area contributed by atoms with Gasteiger partial charge in [0, 0.05) is 23.0 Å². The van der Waals surface area contributed by atoms with E-state index in [9.17, 15) is 4.79 Å². The number of nitrogens with zero attached hydrogens (tertiary/aromatic N) is 1. The molecule has 4 nitrogen and oxygen atoms in total. The SMILES string of the molecule is CCOC(=O)Nc1c(-c2ccccc2)c2cc(Cl)ccc2n1C. The van der Waals surface area contributed by atoms with Crippen LogP contribution in [0.15, 0.2) is 48.5 Å². The number of hydrogen-bond donors (Lipinski definition) is 1. The monoisotopic (exact) mass is 328 g/mol. The molecule has 0 bridgehead atoms. The van der Waals surface area contributed by atoms with E-state index in [0.717, 1.165) is 22.0 Å². The number of carbonyl (C=O) groups is 1. The molecule has 23 heavy (non-hydrogen) atoms.